The zero-order chi connectivity index (χ0) is 67.6. The van der Waals surface area contributed by atoms with E-state index in [2.05, 4.69) is 69.5 Å². The molecule has 0 fully saturated rings. The highest BCUT2D eigenvalue weighted by Crippen LogP contribution is 2.30. The Balaban J connectivity index is 0.000000523. The lowest BCUT2D eigenvalue weighted by Crippen LogP contribution is -2.36. The number of ether oxygens (including phenoxy) is 1. The molecule has 6 aromatic carbocycles. The van der Waals surface area contributed by atoms with Crippen molar-refractivity contribution in [2.75, 3.05) is 12.8 Å². The molecule has 0 radical (unpaired) electrons. The topological polar surface area (TPSA) is 487 Å². The largest absolute Gasteiger partial charge is 0.477 e. The van der Waals surface area contributed by atoms with Crippen LogP contribution in [0.25, 0.3) is 21.1 Å². The number of methoxy groups -OCH3 is 1. The Bertz CT molecular complexity index is 3850. The number of carboxylic acid groups (broad SMARTS) is 1. The van der Waals surface area contributed by atoms with E-state index in [0.717, 1.165) is 29.4 Å². The molecule has 8 rings (SSSR count). The normalized spacial score (nSPS) is 9.39. The van der Waals surface area contributed by atoms with E-state index in [1.165, 1.54) is 137 Å². The number of nitro groups is 5. The number of aromatic nitrogens is 4. The number of hydrazine groups is 2. The number of halogens is 2. The van der Waals surface area contributed by atoms with Crippen LogP contribution < -0.4 is 27.9 Å². The first-order valence-corrected chi connectivity index (χ1v) is 35.8. The lowest BCUT2D eigenvalue weighted by atomic mass is 10.2. The van der Waals surface area contributed by atoms with Crippen LogP contribution in [-0.4, -0.2) is 91.6 Å². The van der Waals surface area contributed by atoms with E-state index in [4.69, 9.17) is 20.9 Å². The van der Waals surface area contributed by atoms with E-state index in [1.807, 2.05) is 40.5 Å². The van der Waals surface area contributed by atoms with Crippen molar-refractivity contribution >= 4 is 182 Å². The van der Waals surface area contributed by atoms with Crippen molar-refractivity contribution in [1.29, 1.82) is 0 Å². The Labute approximate surface area is 546 Å². The number of nitrogens with zero attached hydrogens (tertiary/aromatic N) is 9. The van der Waals surface area contributed by atoms with Gasteiger partial charge in [-0.25, -0.2) is 19.6 Å². The number of amides is 3. The van der Waals surface area contributed by atoms with E-state index in [9.17, 15) is 74.5 Å². The summed E-state index contributed by atoms with van der Waals surface area (Å²) in [4.78, 5) is 103. The summed E-state index contributed by atoms with van der Waals surface area (Å²) >= 11 is 12.0. The predicted octanol–water partition coefficient (Wildman–Crippen LogP) is 9.51. The molecule has 8 N–H and O–H groups in total. The van der Waals surface area contributed by atoms with Crippen molar-refractivity contribution in [2.24, 2.45) is 5.84 Å². The summed E-state index contributed by atoms with van der Waals surface area (Å²) in [5, 5.41) is 77.4. The van der Waals surface area contributed by atoms with Crippen LogP contribution in [0.4, 0.5) is 34.1 Å². The summed E-state index contributed by atoms with van der Waals surface area (Å²) < 4.78 is 13.5. The third-order valence-electron chi connectivity index (χ3n) is 9.27. The Morgan fingerprint density at radius 1 is 0.633 bits per heavy atom. The fourth-order valence-electron chi connectivity index (χ4n) is 5.74. The smallest absolute Gasteiger partial charge is 0.344 e. The van der Waals surface area contributed by atoms with Crippen LogP contribution in [0, 0.1) is 50.6 Å². The molecule has 8 aromatic rings. The summed E-state index contributed by atoms with van der Waals surface area (Å²) in [6.45, 7) is 0. The molecule has 32 nitrogen and oxygen atoms in total. The lowest BCUT2D eigenvalue weighted by molar-refractivity contribution is -0.385. The number of carbonyl (C=O) groups is 5. The van der Waals surface area contributed by atoms with Crippen LogP contribution in [0.2, 0.25) is 0 Å². The number of anilines is 1. The maximum atomic E-state index is 11.3. The van der Waals surface area contributed by atoms with Crippen LogP contribution in [0.1, 0.15) is 41.4 Å². The van der Waals surface area contributed by atoms with Gasteiger partial charge in [0.25, 0.3) is 40.3 Å². The van der Waals surface area contributed by atoms with Crippen molar-refractivity contribution in [1.82, 2.24) is 36.7 Å². The molecule has 44 heteroatoms. The standard InChI is InChI=1S/C8H7N3O4.C8H5N3O2S.C8H7N3S.C8H7NO4.C7H7N3O3.C7H5NO4.Cl2OS.P2S5/c12-5-9-10-8(13)6-3-1-2-4-7(6)11(14)15;12-11(13)7-4-2-1-3-6(7)8-10-9-5-14-8;9-7-4-2-1-3-6(7)8-11-10-5-12-8;1-13-8(10)6-4-2-3-5-7(6)9(11)12;8-9-7(11)5-3-1-2-4-6(5)10(12)13;9-7(10)5-3-1-2-4-6(5)8(11)12;1-4(2)3;3-1-2-5-7-6-4/h1-5H,(H,9,12)(H,10,13);1-5H;1-5H,9H2;2-5H,1H3;1-4H,8H2,(H,9,11);1-4H,(H,9,10);;. The van der Waals surface area contributed by atoms with Crippen LogP contribution in [0.5, 0.6) is 0 Å². The number of hydrogen-bond acceptors (Lipinski definition) is 27. The fourth-order valence-corrected chi connectivity index (χ4v) is 16.5. The second-order valence-electron chi connectivity index (χ2n) is 14.5. The van der Waals surface area contributed by atoms with Gasteiger partial charge < -0.3 is 15.6 Å². The third-order valence-corrected chi connectivity index (χ3v) is 20.7. The monoisotopic (exact) mass is 1460 g/mol. The first-order chi connectivity index (χ1) is 42.9. The fraction of sp³-hybridized carbons (Fsp3) is 0.0217. The van der Waals surface area contributed by atoms with Crippen LogP contribution in [0.3, 0.4) is 0 Å². The summed E-state index contributed by atoms with van der Waals surface area (Å²) in [6, 6.07) is 36.0. The number of carboxylic acids is 1. The number of nitrogens with two attached hydrogens (primary N) is 2. The molecule has 0 unspecified atom stereocenters. The lowest BCUT2D eigenvalue weighted by Gasteiger charge is -2.02. The number of aromatic carboxylic acids is 1. The maximum Gasteiger partial charge on any atom is 0.344 e. The van der Waals surface area contributed by atoms with E-state index in [1.54, 1.807) is 53.7 Å². The van der Waals surface area contributed by atoms with E-state index in [0.29, 0.717) is 10.6 Å². The van der Waals surface area contributed by atoms with Gasteiger partial charge in [-0.15, -0.1) is 20.4 Å². The van der Waals surface area contributed by atoms with Crippen LogP contribution >= 0.6 is 58.1 Å². The van der Waals surface area contributed by atoms with Crippen molar-refractivity contribution < 1.29 is 62.6 Å². The maximum absolute atomic E-state index is 11.3. The molecule has 0 aliphatic heterocycles. The van der Waals surface area contributed by atoms with E-state index in [-0.39, 0.29) is 57.1 Å². The number of benzene rings is 6. The van der Waals surface area contributed by atoms with Gasteiger partial charge in [-0.3, -0.25) is 81.2 Å². The molecule has 2 heterocycles. The molecule has 0 bridgehead atoms. The Kier molecular flexibility index (Phi) is 39.7. The van der Waals surface area contributed by atoms with E-state index >= 15 is 0 Å². The van der Waals surface area contributed by atoms with Gasteiger partial charge in [0.1, 0.15) is 38.3 Å². The van der Waals surface area contributed by atoms with Crippen molar-refractivity contribution in [3.05, 3.63) is 229 Å². The van der Waals surface area contributed by atoms with Crippen molar-refractivity contribution in [2.45, 2.75) is 0 Å². The summed E-state index contributed by atoms with van der Waals surface area (Å²) in [7, 11) is 15.4. The molecular formula is C46H38Cl2N14O18P2S8. The third kappa shape index (κ3) is 29.8. The molecule has 0 aliphatic rings. The number of nitrogen functional groups attached to an aromatic ring is 2. The van der Waals surface area contributed by atoms with Gasteiger partial charge in [0.2, 0.25) is 15.6 Å². The quantitative estimate of drug-likeness (QED) is 0.00678. The molecule has 0 saturated carbocycles. The summed E-state index contributed by atoms with van der Waals surface area (Å²) in [5.74, 6) is 1.44. The van der Waals surface area contributed by atoms with Crippen LogP contribution in [0.15, 0.2) is 157 Å². The zero-order valence-corrected chi connectivity index (χ0v) is 54.4. The highest BCUT2D eigenvalue weighted by atomic mass is 36.0. The molecule has 0 aliphatic carbocycles. The second kappa shape index (κ2) is 45.3. The molecule has 0 spiro atoms. The Hall–Kier alpha value is -9.02. The first kappa shape index (κ1) is 79.0. The van der Waals surface area contributed by atoms with Gasteiger partial charge in [-0.05, 0) is 92.7 Å². The Morgan fingerprint density at radius 2 is 1.00 bits per heavy atom. The SMILES string of the molecule is COC(=O)c1ccccc1[N+](=O)[O-].NNC(=O)c1ccccc1[N+](=O)[O-].Nc1ccccc1-c1nncs1.O=C(O)c1ccccc1[N+](=O)[O-].O=CNNC(=O)c1ccccc1[N+](=O)[O-].O=S(Cl)Cl.O=[N+]([O-])c1ccccc1-c1nncs1.S=PP=S=S=S=S. The number of nitro benzene ring substituents is 5. The number of rotatable bonds is 14. The van der Waals surface area contributed by atoms with Gasteiger partial charge >= 0.3 is 11.9 Å². The van der Waals surface area contributed by atoms with E-state index < -0.39 is 57.6 Å². The average molecular weight is 1460 g/mol. The number of hydrogen-bond donors (Lipinski definition) is 6. The minimum atomic E-state index is -1.67. The highest BCUT2D eigenvalue weighted by molar-refractivity contribution is 8.63. The summed E-state index contributed by atoms with van der Waals surface area (Å²) in [6.07, 6.45) is 0.257. The zero-order valence-electron chi connectivity index (χ0n) is 44.6. The number of nitrogens with one attached hydrogen (secondary N) is 3. The van der Waals surface area contributed by atoms with Crippen molar-refractivity contribution in [3.63, 3.8) is 0 Å². The van der Waals surface area contributed by atoms with Crippen molar-refractivity contribution in [3.8, 4) is 21.1 Å². The van der Waals surface area contributed by atoms with Gasteiger partial charge in [0, 0.05) is 77.0 Å². The molecular weight excluding hydrogens is 1430 g/mol. The van der Waals surface area contributed by atoms with Crippen LogP contribution in [-0.2, 0) is 69.0 Å². The van der Waals surface area contributed by atoms with Gasteiger partial charge in [0.15, 0.2) is 5.01 Å². The molecule has 2 aromatic heterocycles. The molecule has 0 saturated heterocycles. The number of carbonyl (C=O) groups excluding carboxylic acids is 4. The summed E-state index contributed by atoms with van der Waals surface area (Å²) in [5.41, 5.74) is 15.3. The van der Waals surface area contributed by atoms with Gasteiger partial charge in [-0.2, -0.15) is 0 Å². The second-order valence-corrected chi connectivity index (χ2v) is 28.4. The van der Waals surface area contributed by atoms with Gasteiger partial charge in [-0.1, -0.05) is 95.5 Å². The minimum absolute atomic E-state index is 0.0324. The molecule has 472 valence electrons. The number of para-hydroxylation sites is 6. The average Bonchev–Trinajstić information content (AvgIpc) is 1.97. The minimum Gasteiger partial charge on any atom is -0.477 e. The Morgan fingerprint density at radius 3 is 1.37 bits per heavy atom. The highest BCUT2D eigenvalue weighted by Gasteiger charge is 2.22. The van der Waals surface area contributed by atoms with Gasteiger partial charge in [0.05, 0.1) is 37.3 Å². The molecule has 3 amide bonds. The first-order valence-electron chi connectivity index (χ1n) is 22.7. The molecule has 90 heavy (non-hydrogen) atoms. The molecule has 0 atom stereocenters. The number of esters is 1. The predicted molar refractivity (Wildman–Crippen MR) is 351 cm³/mol.